The monoisotopic (exact) mass is 938 g/mol. The van der Waals surface area contributed by atoms with Gasteiger partial charge in [0.15, 0.2) is 0 Å². The third-order valence-corrected chi connectivity index (χ3v) is 15.6. The molecule has 0 radical (unpaired) electrons. The zero-order valence-electron chi connectivity index (χ0n) is 41.9. The zero-order chi connectivity index (χ0) is 49.0. The van der Waals surface area contributed by atoms with Crippen LogP contribution in [0.1, 0.15) is 40.0 Å². The lowest BCUT2D eigenvalue weighted by Crippen LogP contribution is -2.01. The van der Waals surface area contributed by atoms with Crippen LogP contribution in [0.25, 0.3) is 132 Å². The predicted octanol–water partition coefficient (Wildman–Crippen LogP) is 20.1. The number of hydrogen-bond donors (Lipinski definition) is 0. The second-order valence-electron chi connectivity index (χ2n) is 20.5. The standard InChI is InChI=1S/C71H58N2/c1-4-5-43-72-66-20-12-10-14-58(66)64-45-56(38-40-68(64)72)52-26-22-48(23-27-52)50-30-34-54(35-31-50)70-60-16-6-8-18-62(60)71(63-19-9-7-17-61(63)70)55-36-32-51(33-37-55)49-24-28-53(29-25-49)57-39-41-69-65(46-57)59-15-11-13-21-67(59)73(69)44-42-47(2)3/h6-41,45-47H,4-5,42-44H2,1-3H3. The van der Waals surface area contributed by atoms with Crippen molar-refractivity contribution in [3.8, 4) is 66.8 Å². The van der Waals surface area contributed by atoms with Gasteiger partial charge in [0.1, 0.15) is 0 Å². The maximum absolute atomic E-state index is 2.51. The van der Waals surface area contributed by atoms with Crippen LogP contribution in [0.15, 0.2) is 231 Å². The lowest BCUT2D eigenvalue weighted by atomic mass is 9.85. The Morgan fingerprint density at radius 1 is 0.288 bits per heavy atom. The highest BCUT2D eigenvalue weighted by atomic mass is 15.0. The second kappa shape index (κ2) is 18.6. The molecule has 0 saturated heterocycles. The highest BCUT2D eigenvalue weighted by molar-refractivity contribution is 6.21. The first kappa shape index (κ1) is 44.5. The minimum atomic E-state index is 0.661. The Bertz CT molecular complexity index is 4110. The van der Waals surface area contributed by atoms with Crippen molar-refractivity contribution in [2.24, 2.45) is 5.92 Å². The normalized spacial score (nSPS) is 11.9. The molecule has 0 N–H and O–H groups in total. The summed E-state index contributed by atoms with van der Waals surface area (Å²) in [4.78, 5) is 0. The molecule has 0 fully saturated rings. The second-order valence-corrected chi connectivity index (χ2v) is 20.5. The van der Waals surface area contributed by atoms with Crippen molar-refractivity contribution in [2.75, 3.05) is 0 Å². The van der Waals surface area contributed by atoms with Crippen molar-refractivity contribution in [1.82, 2.24) is 9.13 Å². The van der Waals surface area contributed by atoms with E-state index in [4.69, 9.17) is 0 Å². The molecule has 0 atom stereocenters. The fourth-order valence-electron chi connectivity index (χ4n) is 11.8. The van der Waals surface area contributed by atoms with Crippen LogP contribution in [0, 0.1) is 5.92 Å². The van der Waals surface area contributed by atoms with E-state index in [0.29, 0.717) is 5.92 Å². The Kier molecular flexibility index (Phi) is 11.3. The summed E-state index contributed by atoms with van der Waals surface area (Å²) in [7, 11) is 0. The first-order valence-electron chi connectivity index (χ1n) is 26.4. The summed E-state index contributed by atoms with van der Waals surface area (Å²) in [5.41, 5.74) is 20.1. The number of fused-ring (bicyclic) bond motifs is 8. The number of nitrogens with zero attached hydrogens (tertiary/aromatic N) is 2. The molecule has 73 heavy (non-hydrogen) atoms. The Labute approximate surface area is 428 Å². The lowest BCUT2D eigenvalue weighted by Gasteiger charge is -2.18. The minimum absolute atomic E-state index is 0.661. The molecule has 0 unspecified atom stereocenters. The van der Waals surface area contributed by atoms with Gasteiger partial charge in [-0.2, -0.15) is 0 Å². The third-order valence-electron chi connectivity index (χ3n) is 15.6. The molecule has 352 valence electrons. The number of aryl methyl sites for hydroxylation is 2. The van der Waals surface area contributed by atoms with Crippen molar-refractivity contribution in [2.45, 2.75) is 53.1 Å². The van der Waals surface area contributed by atoms with Crippen molar-refractivity contribution < 1.29 is 0 Å². The quantitative estimate of drug-likeness (QED) is 0.108. The SMILES string of the molecule is CCCCn1c2ccccc2c2cc(-c3ccc(-c4ccc(-c5c6ccccc6c(-c6ccc(-c7ccc(-c8ccc9c(c8)c8ccccc8n9CCC(C)C)cc7)cc6)c6ccccc56)cc4)cc3)ccc21. The average Bonchev–Trinajstić information content (AvgIpc) is 3.94. The minimum Gasteiger partial charge on any atom is -0.340 e. The molecule has 2 aromatic heterocycles. The zero-order valence-corrected chi connectivity index (χ0v) is 41.9. The van der Waals surface area contributed by atoms with Gasteiger partial charge in [0.25, 0.3) is 0 Å². The Hall–Kier alpha value is -8.46. The molecular weight excluding hydrogens is 881 g/mol. The highest BCUT2D eigenvalue weighted by Crippen LogP contribution is 2.45. The molecule has 13 rings (SSSR count). The van der Waals surface area contributed by atoms with Crippen LogP contribution in [0.3, 0.4) is 0 Å². The maximum Gasteiger partial charge on any atom is 0.0491 e. The van der Waals surface area contributed by atoms with E-state index in [2.05, 4.69) is 260 Å². The summed E-state index contributed by atoms with van der Waals surface area (Å²) < 4.78 is 5.01. The molecule has 0 aliphatic heterocycles. The molecule has 13 aromatic rings. The van der Waals surface area contributed by atoms with Crippen molar-refractivity contribution in [3.63, 3.8) is 0 Å². The van der Waals surface area contributed by atoms with E-state index in [-0.39, 0.29) is 0 Å². The van der Waals surface area contributed by atoms with E-state index in [1.807, 2.05) is 0 Å². The summed E-state index contributed by atoms with van der Waals surface area (Å²) in [6.07, 6.45) is 3.52. The van der Waals surface area contributed by atoms with Gasteiger partial charge in [0.05, 0.1) is 0 Å². The summed E-state index contributed by atoms with van der Waals surface area (Å²) in [5, 5.41) is 10.4. The van der Waals surface area contributed by atoms with Gasteiger partial charge in [-0.15, -0.1) is 0 Å². The van der Waals surface area contributed by atoms with Crippen LogP contribution in [-0.2, 0) is 13.1 Å². The summed E-state index contributed by atoms with van der Waals surface area (Å²) in [6, 6.07) is 86.2. The van der Waals surface area contributed by atoms with Gasteiger partial charge in [0.2, 0.25) is 0 Å². The number of aromatic nitrogens is 2. The molecule has 11 aromatic carbocycles. The van der Waals surface area contributed by atoms with Gasteiger partial charge in [-0.3, -0.25) is 0 Å². The molecule has 0 spiro atoms. The third kappa shape index (κ3) is 7.90. The van der Waals surface area contributed by atoms with Crippen molar-refractivity contribution >= 4 is 65.2 Å². The van der Waals surface area contributed by atoms with Crippen LogP contribution in [-0.4, -0.2) is 9.13 Å². The van der Waals surface area contributed by atoms with E-state index >= 15 is 0 Å². The number of unbranched alkanes of at least 4 members (excludes halogenated alkanes) is 1. The Morgan fingerprint density at radius 2 is 0.575 bits per heavy atom. The highest BCUT2D eigenvalue weighted by Gasteiger charge is 2.18. The van der Waals surface area contributed by atoms with Gasteiger partial charge in [-0.05, 0) is 143 Å². The van der Waals surface area contributed by atoms with Crippen molar-refractivity contribution in [1.29, 1.82) is 0 Å². The smallest absolute Gasteiger partial charge is 0.0491 e. The van der Waals surface area contributed by atoms with E-state index in [1.165, 1.54) is 145 Å². The number of para-hydroxylation sites is 2. The van der Waals surface area contributed by atoms with Crippen molar-refractivity contribution in [3.05, 3.63) is 231 Å². The molecular formula is C71H58N2. The molecule has 0 aliphatic carbocycles. The topological polar surface area (TPSA) is 9.86 Å². The largest absolute Gasteiger partial charge is 0.340 e. The molecule has 0 saturated carbocycles. The molecule has 0 amide bonds. The number of rotatable bonds is 12. The Morgan fingerprint density at radius 3 is 0.932 bits per heavy atom. The first-order valence-corrected chi connectivity index (χ1v) is 26.4. The van der Waals surface area contributed by atoms with E-state index in [9.17, 15) is 0 Å². The molecule has 0 aliphatic rings. The van der Waals surface area contributed by atoms with E-state index in [1.54, 1.807) is 0 Å². The van der Waals surface area contributed by atoms with Gasteiger partial charge < -0.3 is 9.13 Å². The summed E-state index contributed by atoms with van der Waals surface area (Å²) in [5.74, 6) is 0.661. The fourth-order valence-corrected chi connectivity index (χ4v) is 11.8. The van der Waals surface area contributed by atoms with E-state index < -0.39 is 0 Å². The maximum atomic E-state index is 2.51. The number of benzene rings is 11. The predicted molar refractivity (Wildman–Crippen MR) is 314 cm³/mol. The lowest BCUT2D eigenvalue weighted by molar-refractivity contribution is 0.531. The number of hydrogen-bond acceptors (Lipinski definition) is 0. The molecule has 2 nitrogen and oxygen atoms in total. The van der Waals surface area contributed by atoms with Crippen LogP contribution >= 0.6 is 0 Å². The molecule has 2 heteroatoms. The molecule has 0 bridgehead atoms. The van der Waals surface area contributed by atoms with E-state index in [0.717, 1.165) is 19.5 Å². The van der Waals surface area contributed by atoms with Gasteiger partial charge in [-0.1, -0.05) is 221 Å². The summed E-state index contributed by atoms with van der Waals surface area (Å²) >= 11 is 0. The van der Waals surface area contributed by atoms with Crippen LogP contribution < -0.4 is 0 Å². The Balaban J connectivity index is 0.779. The average molecular weight is 939 g/mol. The van der Waals surface area contributed by atoms with Crippen LogP contribution in [0.4, 0.5) is 0 Å². The van der Waals surface area contributed by atoms with Crippen LogP contribution in [0.5, 0.6) is 0 Å². The van der Waals surface area contributed by atoms with Crippen LogP contribution in [0.2, 0.25) is 0 Å². The van der Waals surface area contributed by atoms with Gasteiger partial charge in [0, 0.05) is 56.7 Å². The fraction of sp³-hybridized carbons (Fsp3) is 0.127. The first-order chi connectivity index (χ1) is 36.0. The van der Waals surface area contributed by atoms with Gasteiger partial charge >= 0.3 is 0 Å². The summed E-state index contributed by atoms with van der Waals surface area (Å²) in [6.45, 7) is 8.96. The van der Waals surface area contributed by atoms with Gasteiger partial charge in [-0.25, -0.2) is 0 Å². The molecule has 2 heterocycles.